The molecule has 0 saturated carbocycles. The summed E-state index contributed by atoms with van der Waals surface area (Å²) in [6.45, 7) is 9.68. The number of aromatic nitrogens is 2. The maximum Gasteiger partial charge on any atom is 0.316 e. The molecule has 2 amide bonds. The van der Waals surface area contributed by atoms with Gasteiger partial charge in [0.15, 0.2) is 0 Å². The smallest absolute Gasteiger partial charge is 0.316 e. The van der Waals surface area contributed by atoms with E-state index in [1.54, 1.807) is 7.11 Å². The predicted octanol–water partition coefficient (Wildman–Crippen LogP) is 6.73. The molecule has 0 radical (unpaired) electrons. The second-order valence-corrected chi connectivity index (χ2v) is 11.1. The first-order chi connectivity index (χ1) is 20.1. The Morgan fingerprint density at radius 3 is 2.38 bits per heavy atom. The van der Waals surface area contributed by atoms with Crippen molar-refractivity contribution in [3.8, 4) is 22.7 Å². The number of carbonyl (C=O) groups excluding carboxylic acids is 1. The highest BCUT2D eigenvalue weighted by Gasteiger charge is 2.36. The number of para-hydroxylation sites is 1. The molecule has 42 heavy (non-hydrogen) atoms. The lowest BCUT2D eigenvalue weighted by atomic mass is 9.89. The van der Waals surface area contributed by atoms with Crippen LogP contribution < -0.4 is 15.8 Å². The molecule has 2 heterocycles. The molecule has 5 rings (SSSR count). The van der Waals surface area contributed by atoms with E-state index in [0.29, 0.717) is 18.7 Å². The van der Waals surface area contributed by atoms with Gasteiger partial charge in [-0.15, -0.1) is 0 Å². The molecule has 4 aromatic rings. The van der Waals surface area contributed by atoms with Gasteiger partial charge in [0.05, 0.1) is 29.9 Å². The molecule has 3 aromatic carbocycles. The van der Waals surface area contributed by atoms with Crippen LogP contribution in [-0.2, 0) is 31.3 Å². The zero-order valence-electron chi connectivity index (χ0n) is 24.7. The van der Waals surface area contributed by atoms with E-state index < -0.39 is 17.7 Å². The van der Waals surface area contributed by atoms with Gasteiger partial charge in [-0.3, -0.25) is 4.90 Å². The van der Waals surface area contributed by atoms with Gasteiger partial charge in [-0.25, -0.2) is 18.3 Å². The molecule has 0 spiro atoms. The standard InChI is InChI=1S/C33H37F2N5O2/c1-6-20-10-8-11-21(7-2)30(20)40-31(24-17-27(35)29(18-26(24)34)37-32(36)41)25-19-39(15-14-28(25)38-40)33(3,4)22-12-9-13-23(16-22)42-5/h8-13,16-18H,6-7,14-15,19H2,1-5H3,(H3,36,37,41). The highest BCUT2D eigenvalue weighted by molar-refractivity contribution is 5.88. The second-order valence-electron chi connectivity index (χ2n) is 11.1. The van der Waals surface area contributed by atoms with Crippen molar-refractivity contribution < 1.29 is 18.3 Å². The SMILES string of the molecule is CCc1cccc(CC)c1-n1nc2c(c1-c1cc(F)c(NC(N)=O)cc1F)CN(C(C)(C)c1cccc(OC)c1)CC2. The zero-order valence-corrected chi connectivity index (χ0v) is 24.7. The van der Waals surface area contributed by atoms with E-state index in [4.69, 9.17) is 15.6 Å². The topological polar surface area (TPSA) is 85.4 Å². The highest BCUT2D eigenvalue weighted by atomic mass is 19.1. The molecule has 1 aliphatic rings. The molecule has 0 saturated heterocycles. The lowest BCUT2D eigenvalue weighted by Gasteiger charge is -2.41. The third kappa shape index (κ3) is 5.25. The number of amides is 2. The summed E-state index contributed by atoms with van der Waals surface area (Å²) in [5, 5.41) is 7.23. The van der Waals surface area contributed by atoms with E-state index in [2.05, 4.69) is 44.0 Å². The van der Waals surface area contributed by atoms with Gasteiger partial charge in [0.1, 0.15) is 17.4 Å². The summed E-state index contributed by atoms with van der Waals surface area (Å²) >= 11 is 0. The summed E-state index contributed by atoms with van der Waals surface area (Å²) in [5.41, 5.74) is 10.9. The van der Waals surface area contributed by atoms with Crippen LogP contribution in [0.2, 0.25) is 0 Å². The number of nitrogens with two attached hydrogens (primary N) is 1. The van der Waals surface area contributed by atoms with Crippen molar-refractivity contribution in [3.63, 3.8) is 0 Å². The van der Waals surface area contributed by atoms with Gasteiger partial charge in [0.2, 0.25) is 0 Å². The largest absolute Gasteiger partial charge is 0.497 e. The van der Waals surface area contributed by atoms with Gasteiger partial charge >= 0.3 is 6.03 Å². The summed E-state index contributed by atoms with van der Waals surface area (Å²) in [6.07, 6.45) is 2.14. The number of primary amides is 1. The summed E-state index contributed by atoms with van der Waals surface area (Å²) in [5.74, 6) is -0.687. The Labute approximate surface area is 245 Å². The van der Waals surface area contributed by atoms with Crippen molar-refractivity contribution in [2.75, 3.05) is 19.0 Å². The minimum atomic E-state index is -0.969. The number of hydrogen-bond donors (Lipinski definition) is 2. The fraction of sp³-hybridized carbons (Fsp3) is 0.333. The van der Waals surface area contributed by atoms with Gasteiger partial charge in [0.25, 0.3) is 0 Å². The molecule has 220 valence electrons. The molecule has 0 aliphatic carbocycles. The van der Waals surface area contributed by atoms with Crippen molar-refractivity contribution in [2.45, 2.75) is 59.0 Å². The number of nitrogens with one attached hydrogen (secondary N) is 1. The molecule has 0 bridgehead atoms. The molecule has 3 N–H and O–H groups in total. The second kappa shape index (κ2) is 11.6. The quantitative estimate of drug-likeness (QED) is 0.245. The normalized spacial score (nSPS) is 13.6. The minimum absolute atomic E-state index is 0.0743. The van der Waals surface area contributed by atoms with Crippen LogP contribution in [0.25, 0.3) is 16.9 Å². The van der Waals surface area contributed by atoms with E-state index in [1.165, 1.54) is 0 Å². The first kappa shape index (κ1) is 29.3. The van der Waals surface area contributed by atoms with Gasteiger partial charge < -0.3 is 15.8 Å². The van der Waals surface area contributed by atoms with Gasteiger partial charge in [-0.1, -0.05) is 44.2 Å². The van der Waals surface area contributed by atoms with Crippen molar-refractivity contribution in [1.29, 1.82) is 0 Å². The summed E-state index contributed by atoms with van der Waals surface area (Å²) in [4.78, 5) is 13.7. The monoisotopic (exact) mass is 573 g/mol. The van der Waals surface area contributed by atoms with Crippen LogP contribution in [0.5, 0.6) is 5.75 Å². The lowest BCUT2D eigenvalue weighted by Crippen LogP contribution is -2.44. The zero-order chi connectivity index (χ0) is 30.2. The number of fused-ring (bicyclic) bond motifs is 1. The van der Waals surface area contributed by atoms with E-state index in [-0.39, 0.29) is 16.8 Å². The van der Waals surface area contributed by atoms with Crippen molar-refractivity contribution in [3.05, 3.63) is 94.2 Å². The molecule has 1 aliphatic heterocycles. The van der Waals surface area contributed by atoms with Crippen LogP contribution in [0, 0.1) is 11.6 Å². The average Bonchev–Trinajstić information content (AvgIpc) is 3.36. The maximum atomic E-state index is 15.9. The fourth-order valence-electron chi connectivity index (χ4n) is 5.92. The van der Waals surface area contributed by atoms with E-state index >= 15 is 8.78 Å². The minimum Gasteiger partial charge on any atom is -0.497 e. The molecule has 1 aromatic heterocycles. The van der Waals surface area contributed by atoms with E-state index in [9.17, 15) is 4.79 Å². The van der Waals surface area contributed by atoms with Gasteiger partial charge in [-0.2, -0.15) is 5.10 Å². The van der Waals surface area contributed by atoms with Crippen LogP contribution in [0.3, 0.4) is 0 Å². The van der Waals surface area contributed by atoms with Crippen LogP contribution in [0.1, 0.15) is 55.6 Å². The van der Waals surface area contributed by atoms with Crippen molar-refractivity contribution >= 4 is 11.7 Å². The first-order valence-electron chi connectivity index (χ1n) is 14.3. The number of anilines is 1. The summed E-state index contributed by atoms with van der Waals surface area (Å²) in [6, 6.07) is 15.3. The summed E-state index contributed by atoms with van der Waals surface area (Å²) in [7, 11) is 1.65. The average molecular weight is 574 g/mol. The number of carbonyl (C=O) groups is 1. The molecular weight excluding hydrogens is 536 g/mol. The van der Waals surface area contributed by atoms with Gasteiger partial charge in [0, 0.05) is 42.2 Å². The van der Waals surface area contributed by atoms with E-state index in [0.717, 1.165) is 70.9 Å². The third-order valence-electron chi connectivity index (χ3n) is 8.35. The molecular formula is C33H37F2N5O2. The number of methoxy groups -OCH3 is 1. The Bertz CT molecular complexity index is 1620. The Morgan fingerprint density at radius 2 is 1.74 bits per heavy atom. The number of nitrogens with zero attached hydrogens (tertiary/aromatic N) is 3. The third-order valence-corrected chi connectivity index (χ3v) is 8.35. The van der Waals surface area contributed by atoms with Crippen molar-refractivity contribution in [1.82, 2.24) is 14.7 Å². The molecule has 9 heteroatoms. The van der Waals surface area contributed by atoms with Crippen LogP contribution in [0.15, 0.2) is 54.6 Å². The lowest BCUT2D eigenvalue weighted by molar-refractivity contribution is 0.103. The maximum absolute atomic E-state index is 15.9. The summed E-state index contributed by atoms with van der Waals surface area (Å²) < 4.78 is 38.5. The molecule has 0 atom stereocenters. The molecule has 0 fully saturated rings. The van der Waals surface area contributed by atoms with E-state index in [1.807, 2.05) is 41.1 Å². The number of urea groups is 1. The highest BCUT2D eigenvalue weighted by Crippen LogP contribution is 2.41. The Morgan fingerprint density at radius 1 is 1.05 bits per heavy atom. The predicted molar refractivity (Wildman–Crippen MR) is 161 cm³/mol. The Kier molecular flexibility index (Phi) is 8.06. The number of halogens is 2. The Hall–Kier alpha value is -4.24. The van der Waals surface area contributed by atoms with Crippen LogP contribution in [0.4, 0.5) is 19.3 Å². The van der Waals surface area contributed by atoms with Crippen LogP contribution in [-0.4, -0.2) is 34.4 Å². The Balaban J connectivity index is 1.71. The van der Waals surface area contributed by atoms with Gasteiger partial charge in [-0.05, 0) is 61.6 Å². The van der Waals surface area contributed by atoms with Crippen LogP contribution >= 0.6 is 0 Å². The number of rotatable bonds is 8. The number of ether oxygens (including phenoxy) is 1. The first-order valence-corrected chi connectivity index (χ1v) is 14.3. The van der Waals surface area contributed by atoms with Crippen molar-refractivity contribution in [2.24, 2.45) is 5.73 Å². The number of hydrogen-bond acceptors (Lipinski definition) is 4. The number of benzene rings is 3. The molecule has 0 unspecified atom stereocenters. The number of aryl methyl sites for hydroxylation is 2. The molecule has 7 nitrogen and oxygen atoms in total. The fourth-order valence-corrected chi connectivity index (χ4v) is 5.92.